The molecule has 0 radical (unpaired) electrons. The molecule has 1 aliphatic heterocycles. The Balaban J connectivity index is 1.32. The second-order valence-corrected chi connectivity index (χ2v) is 9.62. The fraction of sp³-hybridized carbons (Fsp3) is 0.667. The topological polar surface area (TPSA) is 77.7 Å². The third kappa shape index (κ3) is 2.34. The summed E-state index contributed by atoms with van der Waals surface area (Å²) in [6.07, 6.45) is 10.8. The summed E-state index contributed by atoms with van der Waals surface area (Å²) >= 11 is 0. The molecule has 4 fully saturated rings. The monoisotopic (exact) mass is 365 g/mol. The van der Waals surface area contributed by atoms with Gasteiger partial charge in [-0.25, -0.2) is 4.98 Å². The molecule has 0 spiro atoms. The molecule has 2 N–H and O–H groups in total. The van der Waals surface area contributed by atoms with Crippen LogP contribution in [-0.4, -0.2) is 37.5 Å². The number of nitrogens with zero attached hydrogens (tertiary/aromatic N) is 3. The lowest BCUT2D eigenvalue weighted by Crippen LogP contribution is -2.49. The summed E-state index contributed by atoms with van der Waals surface area (Å²) in [6, 6.07) is 0. The van der Waals surface area contributed by atoms with Gasteiger partial charge in [0.15, 0.2) is 5.82 Å². The van der Waals surface area contributed by atoms with Crippen molar-refractivity contribution < 1.29 is 4.79 Å². The molecule has 0 unspecified atom stereocenters. The van der Waals surface area contributed by atoms with Gasteiger partial charge in [0, 0.05) is 48.1 Å². The number of aryl methyl sites for hydroxylation is 1. The molecular weight excluding hydrogens is 338 g/mol. The maximum absolute atomic E-state index is 12.9. The van der Waals surface area contributed by atoms with Crippen LogP contribution in [0, 0.1) is 24.7 Å². The lowest BCUT2D eigenvalue weighted by molar-refractivity contribution is -0.00793. The van der Waals surface area contributed by atoms with E-state index < -0.39 is 0 Å². The molecule has 2 aromatic rings. The maximum atomic E-state index is 12.9. The minimum absolute atomic E-state index is 0.00594. The number of carbonyl (C=O) groups is 1. The van der Waals surface area contributed by atoms with E-state index in [1.54, 1.807) is 6.20 Å². The Labute approximate surface area is 159 Å². The van der Waals surface area contributed by atoms with E-state index in [2.05, 4.69) is 15.1 Å². The van der Waals surface area contributed by atoms with Crippen LogP contribution in [0.3, 0.4) is 0 Å². The van der Waals surface area contributed by atoms with Gasteiger partial charge in [0.05, 0.1) is 5.69 Å². The van der Waals surface area contributed by atoms with E-state index in [0.29, 0.717) is 12.4 Å². The van der Waals surface area contributed by atoms with Crippen LogP contribution in [0.15, 0.2) is 6.20 Å². The van der Waals surface area contributed by atoms with Crippen LogP contribution in [0.5, 0.6) is 0 Å². The number of hydrogen-bond donors (Lipinski definition) is 2. The quantitative estimate of drug-likeness (QED) is 0.858. The largest absolute Gasteiger partial charge is 0.338 e. The predicted molar refractivity (Wildman–Crippen MR) is 100 cm³/mol. The molecule has 4 aliphatic carbocycles. The van der Waals surface area contributed by atoms with E-state index in [1.807, 2.05) is 11.8 Å². The summed E-state index contributed by atoms with van der Waals surface area (Å²) in [6.45, 7) is 3.33. The second-order valence-electron chi connectivity index (χ2n) is 9.62. The number of aromatic nitrogens is 4. The molecule has 0 saturated heterocycles. The van der Waals surface area contributed by atoms with Crippen molar-refractivity contribution in [3.8, 4) is 0 Å². The summed E-state index contributed by atoms with van der Waals surface area (Å²) in [5.74, 6) is 3.16. The highest BCUT2D eigenvalue weighted by Gasteiger charge is 2.53. The van der Waals surface area contributed by atoms with Crippen molar-refractivity contribution in [1.29, 1.82) is 0 Å². The van der Waals surface area contributed by atoms with E-state index >= 15 is 0 Å². The summed E-state index contributed by atoms with van der Waals surface area (Å²) < 4.78 is 0. The smallest absolute Gasteiger partial charge is 0.289 e. The van der Waals surface area contributed by atoms with Crippen molar-refractivity contribution in [1.82, 2.24) is 25.1 Å². The number of amides is 1. The molecule has 3 heterocycles. The number of hydrogen-bond acceptors (Lipinski definition) is 3. The average Bonchev–Trinajstić information content (AvgIpc) is 3.26. The van der Waals surface area contributed by atoms with E-state index in [-0.39, 0.29) is 11.3 Å². The van der Waals surface area contributed by atoms with Crippen LogP contribution in [0.1, 0.15) is 71.8 Å². The number of imidazole rings is 1. The Morgan fingerprint density at radius 1 is 1.19 bits per heavy atom. The highest BCUT2D eigenvalue weighted by Crippen LogP contribution is 2.61. The number of carbonyl (C=O) groups excluding carboxylic acids is 1. The normalized spacial score (nSPS) is 34.1. The first-order valence-electron chi connectivity index (χ1n) is 10.5. The molecule has 142 valence electrons. The molecule has 6 heteroatoms. The fourth-order valence-corrected chi connectivity index (χ4v) is 6.98. The van der Waals surface area contributed by atoms with Gasteiger partial charge in [-0.3, -0.25) is 9.89 Å². The minimum atomic E-state index is 0.00594. The Bertz CT molecular complexity index is 874. The van der Waals surface area contributed by atoms with Gasteiger partial charge < -0.3 is 9.88 Å². The molecule has 0 atom stereocenters. The molecule has 4 bridgehead atoms. The molecule has 6 nitrogen and oxygen atoms in total. The van der Waals surface area contributed by atoms with Crippen molar-refractivity contribution in [3.05, 3.63) is 34.7 Å². The summed E-state index contributed by atoms with van der Waals surface area (Å²) in [7, 11) is 0. The lowest BCUT2D eigenvalue weighted by Gasteiger charge is -2.56. The standard InChI is InChI=1S/C21H27N5O/c1-12-10-22-19(23-12)20(27)26-3-2-17-16(11-26)18(25-24-17)21-7-13-4-14(8-21)6-15(5-13)9-21/h10,13-15H,2-9,11H2,1H3,(H,22,23)(H,24,25). The summed E-state index contributed by atoms with van der Waals surface area (Å²) in [4.78, 5) is 22.2. The molecule has 1 amide bonds. The Kier molecular flexibility index (Phi) is 3.21. The summed E-state index contributed by atoms with van der Waals surface area (Å²) in [5, 5.41) is 8.22. The van der Waals surface area contributed by atoms with Gasteiger partial charge in [-0.05, 0) is 63.2 Å². The van der Waals surface area contributed by atoms with Crippen LogP contribution in [-0.2, 0) is 18.4 Å². The van der Waals surface area contributed by atoms with Crippen molar-refractivity contribution in [2.24, 2.45) is 17.8 Å². The van der Waals surface area contributed by atoms with Crippen molar-refractivity contribution in [3.63, 3.8) is 0 Å². The lowest BCUT2D eigenvalue weighted by atomic mass is 9.48. The predicted octanol–water partition coefficient (Wildman–Crippen LogP) is 3.11. The third-order valence-electron chi connectivity index (χ3n) is 7.67. The first-order chi connectivity index (χ1) is 13.1. The molecule has 5 aliphatic rings. The number of rotatable bonds is 2. The van der Waals surface area contributed by atoms with Gasteiger partial charge in [-0.2, -0.15) is 5.10 Å². The van der Waals surface area contributed by atoms with Crippen molar-refractivity contribution >= 4 is 5.91 Å². The number of aromatic amines is 2. The third-order valence-corrected chi connectivity index (χ3v) is 7.67. The van der Waals surface area contributed by atoms with Crippen molar-refractivity contribution in [2.75, 3.05) is 6.54 Å². The Morgan fingerprint density at radius 2 is 1.89 bits per heavy atom. The highest BCUT2D eigenvalue weighted by atomic mass is 16.2. The van der Waals surface area contributed by atoms with Crippen LogP contribution >= 0.6 is 0 Å². The molecule has 2 aromatic heterocycles. The minimum Gasteiger partial charge on any atom is -0.338 e. The van der Waals surface area contributed by atoms with Gasteiger partial charge in [0.25, 0.3) is 5.91 Å². The first kappa shape index (κ1) is 15.9. The van der Waals surface area contributed by atoms with Crippen LogP contribution < -0.4 is 0 Å². The van der Waals surface area contributed by atoms with E-state index in [0.717, 1.165) is 36.4 Å². The van der Waals surface area contributed by atoms with Gasteiger partial charge in [-0.15, -0.1) is 0 Å². The number of fused-ring (bicyclic) bond motifs is 1. The molecule has 0 aromatic carbocycles. The van der Waals surface area contributed by atoms with Crippen LogP contribution in [0.2, 0.25) is 0 Å². The van der Waals surface area contributed by atoms with Gasteiger partial charge in [-0.1, -0.05) is 0 Å². The first-order valence-corrected chi connectivity index (χ1v) is 10.5. The Morgan fingerprint density at radius 3 is 2.52 bits per heavy atom. The van der Waals surface area contributed by atoms with E-state index in [9.17, 15) is 4.79 Å². The maximum Gasteiger partial charge on any atom is 0.289 e. The second kappa shape index (κ2) is 5.46. The Hall–Kier alpha value is -2.11. The SMILES string of the molecule is Cc1cnc(C(=O)N2CCc3[nH]nc(C45CC6CC(CC(C6)C4)C5)c3C2)[nH]1. The highest BCUT2D eigenvalue weighted by molar-refractivity contribution is 5.90. The van der Waals surface area contributed by atoms with Crippen LogP contribution in [0.25, 0.3) is 0 Å². The molecule has 7 rings (SSSR count). The zero-order chi connectivity index (χ0) is 18.2. The average molecular weight is 365 g/mol. The van der Waals surface area contributed by atoms with Gasteiger partial charge in [0.1, 0.15) is 0 Å². The van der Waals surface area contributed by atoms with Crippen molar-refractivity contribution in [2.45, 2.75) is 63.8 Å². The number of nitrogens with one attached hydrogen (secondary N) is 2. The van der Waals surface area contributed by atoms with E-state index in [4.69, 9.17) is 5.10 Å². The fourth-order valence-electron chi connectivity index (χ4n) is 6.98. The van der Waals surface area contributed by atoms with E-state index in [1.165, 1.54) is 55.5 Å². The zero-order valence-corrected chi connectivity index (χ0v) is 15.9. The van der Waals surface area contributed by atoms with Gasteiger partial charge >= 0.3 is 0 Å². The van der Waals surface area contributed by atoms with Crippen LogP contribution in [0.4, 0.5) is 0 Å². The number of H-pyrrole nitrogens is 2. The summed E-state index contributed by atoms with van der Waals surface area (Å²) in [5.41, 5.74) is 5.05. The molecule has 4 saturated carbocycles. The molecular formula is C21H27N5O. The van der Waals surface area contributed by atoms with Gasteiger partial charge in [0.2, 0.25) is 0 Å². The zero-order valence-electron chi connectivity index (χ0n) is 15.9. The molecule has 27 heavy (non-hydrogen) atoms.